The number of benzene rings is 1. The van der Waals surface area contributed by atoms with E-state index in [2.05, 4.69) is 0 Å². The number of nitrogens with zero attached hydrogens (tertiary/aromatic N) is 1. The summed E-state index contributed by atoms with van der Waals surface area (Å²) in [5.41, 5.74) is 3.71. The smallest absolute Gasteiger partial charge is 0.318 e. The van der Waals surface area contributed by atoms with Crippen LogP contribution in [0.15, 0.2) is 30.3 Å². The van der Waals surface area contributed by atoms with Crippen LogP contribution in [0.1, 0.15) is 27.3 Å². The van der Waals surface area contributed by atoms with Gasteiger partial charge in [0, 0.05) is 17.1 Å². The van der Waals surface area contributed by atoms with Crippen LogP contribution in [0, 0.1) is 20.8 Å². The second-order valence-electron chi connectivity index (χ2n) is 4.94. The van der Waals surface area contributed by atoms with Crippen molar-refractivity contribution in [2.45, 2.75) is 20.8 Å². The topological polar surface area (TPSA) is 91.6 Å². The number of aromatic nitrogens is 1. The molecule has 112 valence electrons. The van der Waals surface area contributed by atoms with Crippen molar-refractivity contribution in [2.24, 2.45) is 0 Å². The molecule has 0 saturated carbocycles. The van der Waals surface area contributed by atoms with Crippen LogP contribution in [0.4, 0.5) is 0 Å². The summed E-state index contributed by atoms with van der Waals surface area (Å²) in [7, 11) is -4.60. The predicted molar refractivity (Wildman–Crippen MR) is 79.5 cm³/mol. The number of aryl methyl sites for hydroxylation is 2. The lowest BCUT2D eigenvalue weighted by Crippen LogP contribution is -2.20. The van der Waals surface area contributed by atoms with Crippen molar-refractivity contribution in [2.75, 3.05) is 0 Å². The van der Waals surface area contributed by atoms with Crippen molar-refractivity contribution in [1.29, 1.82) is 0 Å². The Balaban J connectivity index is 2.45. The first-order chi connectivity index (χ1) is 9.69. The number of carbonyl (C=O) groups excluding carboxylic acids is 1. The minimum absolute atomic E-state index is 0.247. The molecule has 0 aliphatic carbocycles. The highest BCUT2D eigenvalue weighted by atomic mass is 31.2. The number of hydrogen-bond donors (Lipinski definition) is 3. The molecule has 0 unspecified atom stereocenters. The summed E-state index contributed by atoms with van der Waals surface area (Å²) in [6.07, 6.45) is 0. The molecule has 1 amide bonds. The molecule has 1 aromatic heterocycles. The van der Waals surface area contributed by atoms with Gasteiger partial charge in [-0.25, -0.2) is 4.57 Å². The molecule has 0 saturated heterocycles. The third kappa shape index (κ3) is 3.42. The van der Waals surface area contributed by atoms with E-state index in [-0.39, 0.29) is 5.56 Å². The maximum absolute atomic E-state index is 11.9. The van der Waals surface area contributed by atoms with Crippen LogP contribution in [0.25, 0.3) is 5.69 Å². The van der Waals surface area contributed by atoms with Crippen molar-refractivity contribution in [1.82, 2.24) is 9.65 Å². The molecule has 2 aromatic rings. The Bertz CT molecular complexity index is 728. The van der Waals surface area contributed by atoms with E-state index >= 15 is 0 Å². The first kappa shape index (κ1) is 15.5. The summed E-state index contributed by atoms with van der Waals surface area (Å²) in [5.74, 6) is -0.783. The highest BCUT2D eigenvalue weighted by molar-refractivity contribution is 7.50. The van der Waals surface area contributed by atoms with Crippen molar-refractivity contribution in [3.63, 3.8) is 0 Å². The van der Waals surface area contributed by atoms with E-state index < -0.39 is 13.7 Å². The van der Waals surface area contributed by atoms with Crippen LogP contribution in [-0.4, -0.2) is 20.3 Å². The Morgan fingerprint density at radius 2 is 1.71 bits per heavy atom. The molecule has 1 heterocycles. The zero-order valence-corrected chi connectivity index (χ0v) is 12.9. The van der Waals surface area contributed by atoms with E-state index in [9.17, 15) is 9.36 Å². The van der Waals surface area contributed by atoms with Crippen LogP contribution in [0.2, 0.25) is 0 Å². The average Bonchev–Trinajstić information content (AvgIpc) is 2.64. The van der Waals surface area contributed by atoms with Gasteiger partial charge in [0.25, 0.3) is 5.91 Å². The Morgan fingerprint density at radius 3 is 2.24 bits per heavy atom. The van der Waals surface area contributed by atoms with Crippen molar-refractivity contribution in [3.8, 4) is 5.69 Å². The summed E-state index contributed by atoms with van der Waals surface area (Å²) < 4.78 is 12.8. The van der Waals surface area contributed by atoms with Gasteiger partial charge < -0.3 is 14.4 Å². The molecule has 0 aliphatic rings. The minimum atomic E-state index is -4.60. The number of hydrogen-bond acceptors (Lipinski definition) is 2. The molecule has 7 heteroatoms. The monoisotopic (exact) mass is 308 g/mol. The maximum atomic E-state index is 11.9. The average molecular weight is 308 g/mol. The van der Waals surface area contributed by atoms with E-state index in [4.69, 9.17) is 9.79 Å². The highest BCUT2D eigenvalue weighted by Crippen LogP contribution is 2.30. The lowest BCUT2D eigenvalue weighted by atomic mass is 10.2. The largest absolute Gasteiger partial charge is 0.430 e. The first-order valence-electron chi connectivity index (χ1n) is 6.33. The fourth-order valence-corrected chi connectivity index (χ4v) is 2.66. The molecule has 0 aliphatic heterocycles. The Labute approximate surface area is 122 Å². The zero-order valence-electron chi connectivity index (χ0n) is 12.0. The second-order valence-corrected chi connectivity index (χ2v) is 6.25. The molecule has 3 N–H and O–H groups in total. The van der Waals surface area contributed by atoms with Gasteiger partial charge in [-0.3, -0.25) is 9.88 Å². The standard InChI is InChI=1S/C14H17N2O4P/c1-9-4-6-12(7-5-9)16-10(2)8-13(11(16)3)14(17)15-21(18,19)20/h4-8H,1-3H3,(H3,15,17,18,19,20). The van der Waals surface area contributed by atoms with Gasteiger partial charge in [-0.2, -0.15) is 0 Å². The fourth-order valence-electron chi connectivity index (χ4n) is 2.28. The maximum Gasteiger partial charge on any atom is 0.430 e. The Kier molecular flexibility index (Phi) is 4.05. The minimum Gasteiger partial charge on any atom is -0.318 e. The normalized spacial score (nSPS) is 11.5. The third-order valence-corrected chi connectivity index (χ3v) is 3.71. The van der Waals surface area contributed by atoms with Gasteiger partial charge in [-0.05, 0) is 39.0 Å². The van der Waals surface area contributed by atoms with Crippen LogP contribution in [-0.2, 0) is 4.57 Å². The summed E-state index contributed by atoms with van der Waals surface area (Å²) >= 11 is 0. The van der Waals surface area contributed by atoms with Gasteiger partial charge in [-0.15, -0.1) is 0 Å². The summed E-state index contributed by atoms with van der Waals surface area (Å²) in [6.45, 7) is 5.56. The van der Waals surface area contributed by atoms with Gasteiger partial charge in [0.2, 0.25) is 0 Å². The van der Waals surface area contributed by atoms with Gasteiger partial charge in [0.1, 0.15) is 0 Å². The number of nitrogens with one attached hydrogen (secondary N) is 1. The third-order valence-electron chi connectivity index (χ3n) is 3.22. The van der Waals surface area contributed by atoms with E-state index in [1.165, 1.54) is 0 Å². The molecular weight excluding hydrogens is 291 g/mol. The molecule has 0 spiro atoms. The molecule has 0 bridgehead atoms. The summed E-state index contributed by atoms with van der Waals surface area (Å²) in [4.78, 5) is 29.6. The molecule has 0 radical (unpaired) electrons. The van der Waals surface area contributed by atoms with Gasteiger partial charge in [0.05, 0.1) is 5.56 Å². The highest BCUT2D eigenvalue weighted by Gasteiger charge is 2.22. The van der Waals surface area contributed by atoms with Gasteiger partial charge >= 0.3 is 7.75 Å². The molecule has 0 atom stereocenters. The number of carbonyl (C=O) groups is 1. The van der Waals surface area contributed by atoms with E-state index in [0.717, 1.165) is 16.9 Å². The van der Waals surface area contributed by atoms with E-state index in [1.54, 1.807) is 18.1 Å². The van der Waals surface area contributed by atoms with Crippen LogP contribution < -0.4 is 5.09 Å². The molecule has 2 rings (SSSR count). The SMILES string of the molecule is Cc1ccc(-n2c(C)cc(C(=O)NP(=O)(O)O)c2C)cc1. The van der Waals surface area contributed by atoms with Crippen LogP contribution in [0.5, 0.6) is 0 Å². The first-order valence-corrected chi connectivity index (χ1v) is 7.94. The van der Waals surface area contributed by atoms with Gasteiger partial charge in [0.15, 0.2) is 0 Å². The van der Waals surface area contributed by atoms with Crippen LogP contribution in [0.3, 0.4) is 0 Å². The predicted octanol–water partition coefficient (Wildman–Crippen LogP) is 2.23. The van der Waals surface area contributed by atoms with Crippen molar-refractivity contribution in [3.05, 3.63) is 52.8 Å². The fraction of sp³-hybridized carbons (Fsp3) is 0.214. The van der Waals surface area contributed by atoms with E-state index in [0.29, 0.717) is 5.69 Å². The van der Waals surface area contributed by atoms with Crippen molar-refractivity contribution < 1.29 is 19.1 Å². The molecule has 1 aromatic carbocycles. The Hall–Kier alpha value is -1.88. The lowest BCUT2D eigenvalue weighted by molar-refractivity contribution is 0.0971. The molecule has 21 heavy (non-hydrogen) atoms. The van der Waals surface area contributed by atoms with Gasteiger partial charge in [-0.1, -0.05) is 17.7 Å². The van der Waals surface area contributed by atoms with E-state index in [1.807, 2.05) is 42.7 Å². The van der Waals surface area contributed by atoms with Crippen LogP contribution >= 0.6 is 7.75 Å². The van der Waals surface area contributed by atoms with Crippen molar-refractivity contribution >= 4 is 13.7 Å². The summed E-state index contributed by atoms with van der Waals surface area (Å²) in [5, 5.41) is 1.69. The quantitative estimate of drug-likeness (QED) is 0.758. The summed E-state index contributed by atoms with van der Waals surface area (Å²) in [6, 6.07) is 9.40. The molecular formula is C14H17N2O4P. The molecule has 0 fully saturated rings. The number of rotatable bonds is 3. The Morgan fingerprint density at radius 1 is 1.14 bits per heavy atom. The lowest BCUT2D eigenvalue weighted by Gasteiger charge is -2.10. The number of amides is 1. The zero-order chi connectivity index (χ0) is 15.8. The molecule has 6 nitrogen and oxygen atoms in total. The second kappa shape index (κ2) is 5.48.